The van der Waals surface area contributed by atoms with Crippen LogP contribution in [0.2, 0.25) is 0 Å². The van der Waals surface area contributed by atoms with Gasteiger partial charge in [0.1, 0.15) is 0 Å². The van der Waals surface area contributed by atoms with E-state index in [-0.39, 0.29) is 5.91 Å². The number of carbonyl (C=O) groups is 1. The summed E-state index contributed by atoms with van der Waals surface area (Å²) in [6.45, 7) is 4.93. The van der Waals surface area contributed by atoms with Gasteiger partial charge in [-0.1, -0.05) is 0 Å². The van der Waals surface area contributed by atoms with Crippen molar-refractivity contribution in [3.63, 3.8) is 0 Å². The van der Waals surface area contributed by atoms with Crippen molar-refractivity contribution in [2.24, 2.45) is 5.92 Å². The number of aromatic nitrogens is 1. The van der Waals surface area contributed by atoms with Crippen LogP contribution in [0.1, 0.15) is 22.5 Å². The molecule has 0 bridgehead atoms. The van der Waals surface area contributed by atoms with E-state index in [0.29, 0.717) is 11.5 Å². The van der Waals surface area contributed by atoms with E-state index in [1.54, 1.807) is 6.20 Å². The molecule has 0 radical (unpaired) electrons. The maximum Gasteiger partial charge on any atom is 0.257 e. The molecule has 5 heteroatoms. The molecule has 0 saturated carbocycles. The number of carbonyl (C=O) groups excluding carboxylic acids is 1. The Hall–Kier alpha value is -1.62. The number of hydrogen-bond donors (Lipinski definition) is 1. The Kier molecular flexibility index (Phi) is 4.60. The van der Waals surface area contributed by atoms with Gasteiger partial charge in [-0.3, -0.25) is 9.78 Å². The first-order valence-electron chi connectivity index (χ1n) is 7.09. The van der Waals surface area contributed by atoms with Crippen LogP contribution in [0.25, 0.3) is 0 Å². The summed E-state index contributed by atoms with van der Waals surface area (Å²) < 4.78 is 0. The standard InChI is InChI=1S/C15H24N4O/c1-11-7-14(16-2)13(8-17-11)15(20)19(4)10-12-5-6-18(3)9-12/h7-8,12H,5-6,9-10H2,1-4H3,(H,16,17). The van der Waals surface area contributed by atoms with E-state index in [9.17, 15) is 4.79 Å². The van der Waals surface area contributed by atoms with Crippen LogP contribution < -0.4 is 5.32 Å². The zero-order valence-electron chi connectivity index (χ0n) is 12.8. The van der Waals surface area contributed by atoms with Crippen molar-refractivity contribution < 1.29 is 4.79 Å². The minimum Gasteiger partial charge on any atom is -0.387 e. The summed E-state index contributed by atoms with van der Waals surface area (Å²) in [6, 6.07) is 1.91. The van der Waals surface area contributed by atoms with Gasteiger partial charge in [0, 0.05) is 39.1 Å². The zero-order chi connectivity index (χ0) is 14.7. The van der Waals surface area contributed by atoms with E-state index in [2.05, 4.69) is 22.2 Å². The highest BCUT2D eigenvalue weighted by molar-refractivity contribution is 5.99. The summed E-state index contributed by atoms with van der Waals surface area (Å²) in [4.78, 5) is 20.9. The fourth-order valence-electron chi connectivity index (χ4n) is 2.79. The van der Waals surface area contributed by atoms with E-state index >= 15 is 0 Å². The smallest absolute Gasteiger partial charge is 0.257 e. The van der Waals surface area contributed by atoms with E-state index in [4.69, 9.17) is 0 Å². The summed E-state index contributed by atoms with van der Waals surface area (Å²) in [5, 5.41) is 3.08. The minimum absolute atomic E-state index is 0.0383. The molecule has 110 valence electrons. The van der Waals surface area contributed by atoms with Gasteiger partial charge in [-0.05, 0) is 38.9 Å². The van der Waals surface area contributed by atoms with Gasteiger partial charge in [0.25, 0.3) is 5.91 Å². The van der Waals surface area contributed by atoms with Gasteiger partial charge in [-0.2, -0.15) is 0 Å². The van der Waals surface area contributed by atoms with Gasteiger partial charge in [0.05, 0.1) is 11.3 Å². The van der Waals surface area contributed by atoms with Crippen LogP contribution >= 0.6 is 0 Å². The maximum atomic E-state index is 12.5. The fourth-order valence-corrected chi connectivity index (χ4v) is 2.79. The molecule has 1 fully saturated rings. The Morgan fingerprint density at radius 1 is 1.60 bits per heavy atom. The molecule has 1 aromatic rings. The normalized spacial score (nSPS) is 19.1. The highest BCUT2D eigenvalue weighted by Crippen LogP contribution is 2.19. The first-order chi connectivity index (χ1) is 9.51. The molecule has 1 aliphatic heterocycles. The molecular formula is C15H24N4O. The first-order valence-corrected chi connectivity index (χ1v) is 7.09. The summed E-state index contributed by atoms with van der Waals surface area (Å²) in [5.74, 6) is 0.613. The lowest BCUT2D eigenvalue weighted by Crippen LogP contribution is -2.33. The fraction of sp³-hybridized carbons (Fsp3) is 0.600. The van der Waals surface area contributed by atoms with Gasteiger partial charge in [-0.15, -0.1) is 0 Å². The number of aryl methyl sites for hydroxylation is 1. The van der Waals surface area contributed by atoms with Crippen molar-refractivity contribution in [2.75, 3.05) is 46.1 Å². The molecule has 0 aromatic carbocycles. The van der Waals surface area contributed by atoms with Crippen LogP contribution in [-0.4, -0.2) is 61.5 Å². The lowest BCUT2D eigenvalue weighted by atomic mass is 10.1. The number of likely N-dealkylation sites (tertiary alicyclic amines) is 1. The number of nitrogens with one attached hydrogen (secondary N) is 1. The molecule has 1 saturated heterocycles. The molecule has 1 aliphatic rings. The number of nitrogens with zero attached hydrogens (tertiary/aromatic N) is 3. The molecule has 1 amide bonds. The number of amides is 1. The highest BCUT2D eigenvalue weighted by atomic mass is 16.2. The summed E-state index contributed by atoms with van der Waals surface area (Å²) in [6.07, 6.45) is 2.83. The minimum atomic E-state index is 0.0383. The Labute approximate surface area is 121 Å². The second kappa shape index (κ2) is 6.22. The molecule has 20 heavy (non-hydrogen) atoms. The third kappa shape index (κ3) is 3.28. The number of rotatable bonds is 4. The van der Waals surface area contributed by atoms with E-state index in [1.807, 2.05) is 32.0 Å². The average Bonchev–Trinajstić information content (AvgIpc) is 2.83. The van der Waals surface area contributed by atoms with Gasteiger partial charge in [0.2, 0.25) is 0 Å². The highest BCUT2D eigenvalue weighted by Gasteiger charge is 2.24. The van der Waals surface area contributed by atoms with Crippen molar-refractivity contribution in [1.29, 1.82) is 0 Å². The first kappa shape index (κ1) is 14.8. The third-order valence-corrected chi connectivity index (χ3v) is 3.91. The van der Waals surface area contributed by atoms with E-state index < -0.39 is 0 Å². The molecule has 1 aromatic heterocycles. The number of pyridine rings is 1. The van der Waals surface area contributed by atoms with Crippen molar-refractivity contribution >= 4 is 11.6 Å². The Bertz CT molecular complexity index is 489. The van der Waals surface area contributed by atoms with Crippen molar-refractivity contribution in [2.45, 2.75) is 13.3 Å². The van der Waals surface area contributed by atoms with Crippen LogP contribution in [0, 0.1) is 12.8 Å². The molecule has 0 aliphatic carbocycles. The van der Waals surface area contributed by atoms with E-state index in [1.165, 1.54) is 6.42 Å². The molecular weight excluding hydrogens is 252 g/mol. The number of hydrogen-bond acceptors (Lipinski definition) is 4. The Morgan fingerprint density at radius 3 is 2.95 bits per heavy atom. The van der Waals surface area contributed by atoms with Crippen LogP contribution in [0.5, 0.6) is 0 Å². The molecule has 0 spiro atoms. The van der Waals surface area contributed by atoms with Gasteiger partial charge in [-0.25, -0.2) is 0 Å². The van der Waals surface area contributed by atoms with Crippen LogP contribution in [0.3, 0.4) is 0 Å². The average molecular weight is 276 g/mol. The van der Waals surface area contributed by atoms with Gasteiger partial charge >= 0.3 is 0 Å². The van der Waals surface area contributed by atoms with Crippen molar-refractivity contribution in [3.8, 4) is 0 Å². The molecule has 1 atom stereocenters. The largest absolute Gasteiger partial charge is 0.387 e. The predicted molar refractivity (Wildman–Crippen MR) is 81.1 cm³/mol. The van der Waals surface area contributed by atoms with Crippen LogP contribution in [0.15, 0.2) is 12.3 Å². The second-order valence-corrected chi connectivity index (χ2v) is 5.72. The summed E-state index contributed by atoms with van der Waals surface area (Å²) in [5.41, 5.74) is 2.40. The zero-order valence-corrected chi connectivity index (χ0v) is 12.8. The second-order valence-electron chi connectivity index (χ2n) is 5.72. The maximum absolute atomic E-state index is 12.5. The van der Waals surface area contributed by atoms with Crippen molar-refractivity contribution in [3.05, 3.63) is 23.5 Å². The van der Waals surface area contributed by atoms with Gasteiger partial charge < -0.3 is 15.1 Å². The molecule has 1 unspecified atom stereocenters. The summed E-state index contributed by atoms with van der Waals surface area (Å²) in [7, 11) is 5.84. The molecule has 1 N–H and O–H groups in total. The van der Waals surface area contributed by atoms with Crippen LogP contribution in [0.4, 0.5) is 5.69 Å². The summed E-state index contributed by atoms with van der Waals surface area (Å²) >= 11 is 0. The lowest BCUT2D eigenvalue weighted by molar-refractivity contribution is 0.0774. The SMILES string of the molecule is CNc1cc(C)ncc1C(=O)N(C)CC1CCN(C)C1. The quantitative estimate of drug-likeness (QED) is 0.904. The third-order valence-electron chi connectivity index (χ3n) is 3.91. The van der Waals surface area contributed by atoms with Crippen molar-refractivity contribution in [1.82, 2.24) is 14.8 Å². The monoisotopic (exact) mass is 276 g/mol. The molecule has 5 nitrogen and oxygen atoms in total. The van der Waals surface area contributed by atoms with Gasteiger partial charge in [0.15, 0.2) is 0 Å². The molecule has 2 heterocycles. The number of anilines is 1. The predicted octanol–water partition coefficient (Wildman–Crippen LogP) is 1.46. The van der Waals surface area contributed by atoms with E-state index in [0.717, 1.165) is 31.0 Å². The Morgan fingerprint density at radius 2 is 2.35 bits per heavy atom. The Balaban J connectivity index is 2.06. The molecule has 2 rings (SSSR count). The lowest BCUT2D eigenvalue weighted by Gasteiger charge is -2.22. The van der Waals surface area contributed by atoms with Crippen LogP contribution in [-0.2, 0) is 0 Å². The topological polar surface area (TPSA) is 48.5 Å².